The molecule has 1 fully saturated rings. The highest BCUT2D eigenvalue weighted by Crippen LogP contribution is 2.44. The number of ether oxygens (including phenoxy) is 1. The van der Waals surface area contributed by atoms with Crippen molar-refractivity contribution < 1.29 is 4.74 Å². The molecule has 1 atom stereocenters. The maximum Gasteiger partial charge on any atom is 0.0587 e. The third-order valence-corrected chi connectivity index (χ3v) is 5.59. The van der Waals surface area contributed by atoms with Gasteiger partial charge in [0, 0.05) is 20.2 Å². The van der Waals surface area contributed by atoms with Crippen LogP contribution < -0.4 is 5.32 Å². The minimum absolute atomic E-state index is 0.561. The van der Waals surface area contributed by atoms with Crippen LogP contribution in [0.1, 0.15) is 78.6 Å². The molecule has 0 aromatic rings. The number of hydrogen-bond donors (Lipinski definition) is 1. The Labute approximate surface area is 133 Å². The first-order valence-electron chi connectivity index (χ1n) is 9.35. The molecular formula is C19H39NO. The lowest BCUT2D eigenvalue weighted by Crippen LogP contribution is -2.40. The summed E-state index contributed by atoms with van der Waals surface area (Å²) in [6.07, 6.45) is 12.8. The van der Waals surface area contributed by atoms with Crippen LogP contribution in [-0.2, 0) is 4.74 Å². The molecule has 0 heterocycles. The van der Waals surface area contributed by atoms with Crippen molar-refractivity contribution in [1.29, 1.82) is 0 Å². The monoisotopic (exact) mass is 297 g/mol. The van der Waals surface area contributed by atoms with Crippen LogP contribution in [0.3, 0.4) is 0 Å². The standard InChI is InChI=1S/C19H39NO/c1-5-7-8-18-9-11-19(12-10-18,15-17(3)6-2)16-20-13-14-21-4/h17-18,20H,5-16H2,1-4H3. The summed E-state index contributed by atoms with van der Waals surface area (Å²) in [6.45, 7) is 10.1. The second kappa shape index (κ2) is 10.6. The van der Waals surface area contributed by atoms with E-state index in [1.165, 1.54) is 64.3 Å². The van der Waals surface area contributed by atoms with E-state index in [1.54, 1.807) is 7.11 Å². The first-order valence-corrected chi connectivity index (χ1v) is 9.35. The molecule has 0 aromatic carbocycles. The van der Waals surface area contributed by atoms with Gasteiger partial charge >= 0.3 is 0 Å². The molecule has 1 rings (SSSR count). The Morgan fingerprint density at radius 1 is 1.24 bits per heavy atom. The summed E-state index contributed by atoms with van der Waals surface area (Å²) in [5.74, 6) is 1.87. The minimum Gasteiger partial charge on any atom is -0.383 e. The van der Waals surface area contributed by atoms with E-state index < -0.39 is 0 Å². The average molecular weight is 298 g/mol. The Kier molecular flexibility index (Phi) is 9.59. The van der Waals surface area contributed by atoms with Crippen LogP contribution in [0.2, 0.25) is 0 Å². The van der Waals surface area contributed by atoms with Gasteiger partial charge in [0.1, 0.15) is 0 Å². The lowest BCUT2D eigenvalue weighted by molar-refractivity contribution is 0.104. The zero-order valence-electron chi connectivity index (χ0n) is 15.0. The number of hydrogen-bond acceptors (Lipinski definition) is 2. The van der Waals surface area contributed by atoms with Gasteiger partial charge in [-0.05, 0) is 49.4 Å². The van der Waals surface area contributed by atoms with Crippen LogP contribution in [0.25, 0.3) is 0 Å². The average Bonchev–Trinajstić information content (AvgIpc) is 2.51. The summed E-state index contributed by atoms with van der Waals surface area (Å²) in [6, 6.07) is 0. The summed E-state index contributed by atoms with van der Waals surface area (Å²) in [7, 11) is 1.79. The molecule has 0 saturated heterocycles. The molecule has 0 aromatic heterocycles. The SMILES string of the molecule is CCCCC1CCC(CNCCOC)(CC(C)CC)CC1. The van der Waals surface area contributed by atoms with Gasteiger partial charge in [-0.1, -0.05) is 46.5 Å². The normalized spacial score (nSPS) is 27.7. The largest absolute Gasteiger partial charge is 0.383 e. The van der Waals surface area contributed by atoms with Crippen molar-refractivity contribution in [3.05, 3.63) is 0 Å². The van der Waals surface area contributed by atoms with Gasteiger partial charge < -0.3 is 10.1 Å². The van der Waals surface area contributed by atoms with Crippen LogP contribution in [0.15, 0.2) is 0 Å². The van der Waals surface area contributed by atoms with E-state index in [-0.39, 0.29) is 0 Å². The molecule has 0 amide bonds. The Bertz CT molecular complexity index is 246. The van der Waals surface area contributed by atoms with Crippen molar-refractivity contribution in [3.63, 3.8) is 0 Å². The molecule has 2 nitrogen and oxygen atoms in total. The maximum absolute atomic E-state index is 5.17. The van der Waals surface area contributed by atoms with Crippen LogP contribution >= 0.6 is 0 Å². The van der Waals surface area contributed by atoms with Gasteiger partial charge in [0.25, 0.3) is 0 Å². The smallest absolute Gasteiger partial charge is 0.0587 e. The fraction of sp³-hybridized carbons (Fsp3) is 1.00. The molecule has 1 saturated carbocycles. The number of rotatable bonds is 11. The van der Waals surface area contributed by atoms with Gasteiger partial charge in [0.15, 0.2) is 0 Å². The third kappa shape index (κ3) is 7.15. The van der Waals surface area contributed by atoms with Gasteiger partial charge in [-0.25, -0.2) is 0 Å². The first kappa shape index (κ1) is 19.0. The number of methoxy groups -OCH3 is 1. The lowest BCUT2D eigenvalue weighted by atomic mass is 9.65. The van der Waals surface area contributed by atoms with Gasteiger partial charge in [0.2, 0.25) is 0 Å². The molecule has 1 aliphatic carbocycles. The highest BCUT2D eigenvalue weighted by Gasteiger charge is 2.35. The van der Waals surface area contributed by atoms with Crippen molar-refractivity contribution >= 4 is 0 Å². The zero-order valence-corrected chi connectivity index (χ0v) is 15.0. The molecule has 1 N–H and O–H groups in total. The molecule has 21 heavy (non-hydrogen) atoms. The Morgan fingerprint density at radius 3 is 2.52 bits per heavy atom. The van der Waals surface area contributed by atoms with Gasteiger partial charge in [-0.2, -0.15) is 0 Å². The zero-order chi connectivity index (χ0) is 15.6. The quantitative estimate of drug-likeness (QED) is 0.540. The molecule has 0 spiro atoms. The maximum atomic E-state index is 5.17. The highest BCUT2D eigenvalue weighted by molar-refractivity contribution is 4.88. The van der Waals surface area contributed by atoms with Gasteiger partial charge in [-0.3, -0.25) is 0 Å². The van der Waals surface area contributed by atoms with E-state index in [0.29, 0.717) is 5.41 Å². The number of nitrogens with one attached hydrogen (secondary N) is 1. The Balaban J connectivity index is 2.46. The van der Waals surface area contributed by atoms with E-state index in [2.05, 4.69) is 26.1 Å². The predicted octanol–water partition coefficient (Wildman–Crippen LogP) is 5.03. The van der Waals surface area contributed by atoms with E-state index in [9.17, 15) is 0 Å². The predicted molar refractivity (Wildman–Crippen MR) is 92.7 cm³/mol. The van der Waals surface area contributed by atoms with Crippen LogP contribution in [0.5, 0.6) is 0 Å². The van der Waals surface area contributed by atoms with Crippen molar-refractivity contribution in [2.45, 2.75) is 78.6 Å². The third-order valence-electron chi connectivity index (χ3n) is 5.59. The molecule has 1 aliphatic rings. The van der Waals surface area contributed by atoms with Gasteiger partial charge in [0.05, 0.1) is 6.61 Å². The summed E-state index contributed by atoms with van der Waals surface area (Å²) in [5, 5.41) is 3.66. The van der Waals surface area contributed by atoms with Gasteiger partial charge in [-0.15, -0.1) is 0 Å². The minimum atomic E-state index is 0.561. The number of unbranched alkanes of at least 4 members (excludes halogenated alkanes) is 1. The summed E-state index contributed by atoms with van der Waals surface area (Å²) < 4.78 is 5.17. The van der Waals surface area contributed by atoms with Crippen LogP contribution in [0, 0.1) is 17.3 Å². The molecule has 0 bridgehead atoms. The highest BCUT2D eigenvalue weighted by atomic mass is 16.5. The van der Waals surface area contributed by atoms with Crippen LogP contribution in [0.4, 0.5) is 0 Å². The Morgan fingerprint density at radius 2 is 1.95 bits per heavy atom. The van der Waals surface area contributed by atoms with E-state index >= 15 is 0 Å². The topological polar surface area (TPSA) is 21.3 Å². The fourth-order valence-electron chi connectivity index (χ4n) is 3.94. The van der Waals surface area contributed by atoms with Crippen molar-refractivity contribution in [3.8, 4) is 0 Å². The summed E-state index contributed by atoms with van der Waals surface area (Å²) in [4.78, 5) is 0. The van der Waals surface area contributed by atoms with E-state index in [0.717, 1.165) is 25.0 Å². The van der Waals surface area contributed by atoms with Crippen molar-refractivity contribution in [1.82, 2.24) is 5.32 Å². The molecule has 0 aliphatic heterocycles. The molecule has 2 heteroatoms. The molecule has 126 valence electrons. The van der Waals surface area contributed by atoms with E-state index in [4.69, 9.17) is 4.74 Å². The van der Waals surface area contributed by atoms with Crippen LogP contribution in [-0.4, -0.2) is 26.8 Å². The Hall–Kier alpha value is -0.0800. The fourth-order valence-corrected chi connectivity index (χ4v) is 3.94. The summed E-state index contributed by atoms with van der Waals surface area (Å²) >= 11 is 0. The van der Waals surface area contributed by atoms with Crippen molar-refractivity contribution in [2.75, 3.05) is 26.8 Å². The lowest BCUT2D eigenvalue weighted by Gasteiger charge is -2.42. The second-order valence-corrected chi connectivity index (χ2v) is 7.47. The molecule has 0 radical (unpaired) electrons. The molecular weight excluding hydrogens is 258 g/mol. The molecule has 1 unspecified atom stereocenters. The van der Waals surface area contributed by atoms with Crippen molar-refractivity contribution in [2.24, 2.45) is 17.3 Å². The summed E-state index contributed by atoms with van der Waals surface area (Å²) in [5.41, 5.74) is 0.561. The first-order chi connectivity index (χ1) is 10.2. The van der Waals surface area contributed by atoms with E-state index in [1.807, 2.05) is 0 Å². The second-order valence-electron chi connectivity index (χ2n) is 7.47.